The largest absolute Gasteiger partial charge is 0.351 e. The van der Waals surface area contributed by atoms with Crippen LogP contribution in [0.25, 0.3) is 16.6 Å². The van der Waals surface area contributed by atoms with E-state index in [9.17, 15) is 9.59 Å². The van der Waals surface area contributed by atoms with E-state index < -0.39 is 0 Å². The van der Waals surface area contributed by atoms with Crippen molar-refractivity contribution in [1.29, 1.82) is 0 Å². The van der Waals surface area contributed by atoms with Gasteiger partial charge in [0.25, 0.3) is 5.56 Å². The van der Waals surface area contributed by atoms with Crippen LogP contribution in [0.2, 0.25) is 0 Å². The fourth-order valence-corrected chi connectivity index (χ4v) is 3.63. The Morgan fingerprint density at radius 1 is 1.11 bits per heavy atom. The molecule has 0 fully saturated rings. The molecule has 0 aliphatic heterocycles. The molecule has 0 bridgehead atoms. The van der Waals surface area contributed by atoms with Crippen molar-refractivity contribution in [2.24, 2.45) is 0 Å². The molecule has 5 nitrogen and oxygen atoms in total. The summed E-state index contributed by atoms with van der Waals surface area (Å²) in [7, 11) is 0. The first-order valence-corrected chi connectivity index (χ1v) is 9.76. The average molecular weight is 382 g/mol. The summed E-state index contributed by atoms with van der Waals surface area (Å²) in [5, 5.41) is 4.01. The summed E-state index contributed by atoms with van der Waals surface area (Å²) < 4.78 is 1.60. The maximum absolute atomic E-state index is 13.2. The Labute approximate surface area is 162 Å². The zero-order valence-electron chi connectivity index (χ0n) is 15.9. The van der Waals surface area contributed by atoms with Crippen molar-refractivity contribution in [3.8, 4) is 5.69 Å². The summed E-state index contributed by atoms with van der Waals surface area (Å²) in [6, 6.07) is 15.0. The lowest BCUT2D eigenvalue weighted by atomic mass is 10.1. The number of nitrogens with zero attached hydrogens (tertiary/aromatic N) is 2. The Balaban J connectivity index is 2.08. The van der Waals surface area contributed by atoms with E-state index in [-0.39, 0.29) is 22.8 Å². The molecule has 27 heavy (non-hydrogen) atoms. The van der Waals surface area contributed by atoms with Crippen molar-refractivity contribution >= 4 is 28.6 Å². The second-order valence-electron chi connectivity index (χ2n) is 7.43. The summed E-state index contributed by atoms with van der Waals surface area (Å²) in [4.78, 5) is 30.1. The van der Waals surface area contributed by atoms with E-state index in [4.69, 9.17) is 0 Å². The van der Waals surface area contributed by atoms with Gasteiger partial charge in [0.05, 0.1) is 22.3 Å². The Morgan fingerprint density at radius 2 is 1.78 bits per heavy atom. The van der Waals surface area contributed by atoms with Gasteiger partial charge in [-0.15, -0.1) is 0 Å². The lowest BCUT2D eigenvalue weighted by molar-refractivity contribution is -0.119. The molecule has 3 aromatic rings. The van der Waals surface area contributed by atoms with E-state index in [0.29, 0.717) is 16.1 Å². The molecule has 0 saturated carbocycles. The van der Waals surface area contributed by atoms with Crippen molar-refractivity contribution < 1.29 is 4.79 Å². The highest BCUT2D eigenvalue weighted by Crippen LogP contribution is 2.23. The predicted molar refractivity (Wildman–Crippen MR) is 111 cm³/mol. The fraction of sp³-hybridized carbons (Fsp3) is 0.286. The normalized spacial score (nSPS) is 11.6. The number of para-hydroxylation sites is 2. The zero-order chi connectivity index (χ0) is 19.6. The van der Waals surface area contributed by atoms with Gasteiger partial charge in [-0.2, -0.15) is 0 Å². The monoisotopic (exact) mass is 381 g/mol. The number of fused-ring (bicyclic) bond motifs is 1. The van der Waals surface area contributed by atoms with Gasteiger partial charge in [0.1, 0.15) is 0 Å². The van der Waals surface area contributed by atoms with Crippen molar-refractivity contribution in [3.63, 3.8) is 0 Å². The van der Waals surface area contributed by atoms with Gasteiger partial charge < -0.3 is 5.32 Å². The lowest BCUT2D eigenvalue weighted by Crippen LogP contribution is -2.41. The minimum atomic E-state index is -0.301. The van der Waals surface area contributed by atoms with Crippen LogP contribution in [0.1, 0.15) is 26.3 Å². The van der Waals surface area contributed by atoms with Crippen molar-refractivity contribution in [1.82, 2.24) is 14.9 Å². The second-order valence-corrected chi connectivity index (χ2v) is 8.37. The maximum Gasteiger partial charge on any atom is 0.266 e. The number of thioether (sulfide) groups is 1. The lowest BCUT2D eigenvalue weighted by Gasteiger charge is -2.20. The quantitative estimate of drug-likeness (QED) is 0.553. The van der Waals surface area contributed by atoms with Gasteiger partial charge >= 0.3 is 0 Å². The number of aromatic nitrogens is 2. The molecule has 3 rings (SSSR count). The highest BCUT2D eigenvalue weighted by molar-refractivity contribution is 7.99. The topological polar surface area (TPSA) is 64.0 Å². The second kappa shape index (κ2) is 7.56. The van der Waals surface area contributed by atoms with Gasteiger partial charge in [0.2, 0.25) is 5.91 Å². The van der Waals surface area contributed by atoms with E-state index in [2.05, 4.69) is 10.3 Å². The third-order valence-electron chi connectivity index (χ3n) is 3.95. The molecule has 0 aliphatic carbocycles. The SMILES string of the molecule is Cc1ccccc1-n1c(SCC(=O)NC(C)(C)C)nc2ccccc2c1=O. The average Bonchev–Trinajstić information content (AvgIpc) is 2.60. The molecule has 0 atom stereocenters. The molecule has 2 aromatic carbocycles. The van der Waals surface area contributed by atoms with Crippen LogP contribution < -0.4 is 10.9 Å². The Bertz CT molecular complexity index is 1050. The molecule has 6 heteroatoms. The van der Waals surface area contributed by atoms with Crippen LogP contribution in [-0.2, 0) is 4.79 Å². The molecule has 0 radical (unpaired) electrons. The van der Waals surface area contributed by atoms with Gasteiger partial charge in [-0.3, -0.25) is 14.2 Å². The summed E-state index contributed by atoms with van der Waals surface area (Å²) in [6.45, 7) is 7.77. The third kappa shape index (κ3) is 4.39. The van der Waals surface area contributed by atoms with Crippen LogP contribution >= 0.6 is 11.8 Å². The molecule has 0 spiro atoms. The van der Waals surface area contributed by atoms with E-state index in [1.807, 2.05) is 70.2 Å². The first-order valence-electron chi connectivity index (χ1n) is 8.78. The van der Waals surface area contributed by atoms with Crippen LogP contribution in [-0.4, -0.2) is 26.8 Å². The van der Waals surface area contributed by atoms with Gasteiger partial charge in [-0.1, -0.05) is 42.1 Å². The number of aryl methyl sites for hydroxylation is 1. The summed E-state index contributed by atoms with van der Waals surface area (Å²) in [6.07, 6.45) is 0. The number of benzene rings is 2. The van der Waals surface area contributed by atoms with Gasteiger partial charge in [-0.25, -0.2) is 4.98 Å². The van der Waals surface area contributed by atoms with E-state index in [0.717, 1.165) is 11.3 Å². The van der Waals surface area contributed by atoms with Crippen molar-refractivity contribution in [2.75, 3.05) is 5.75 Å². The molecule has 1 heterocycles. The number of amides is 1. The molecule has 0 saturated heterocycles. The van der Waals surface area contributed by atoms with Gasteiger partial charge in [0.15, 0.2) is 5.16 Å². The molecular formula is C21H23N3O2S. The summed E-state index contributed by atoms with van der Waals surface area (Å²) in [5.74, 6) is 0.0970. The maximum atomic E-state index is 13.2. The van der Waals surface area contributed by atoms with Crippen LogP contribution in [0.4, 0.5) is 0 Å². The number of hydrogen-bond acceptors (Lipinski definition) is 4. The molecule has 0 unspecified atom stereocenters. The minimum absolute atomic E-state index is 0.0914. The standard InChI is InChI=1S/C21H23N3O2S/c1-14-9-5-8-12-17(14)24-19(26)15-10-6-7-11-16(15)22-20(24)27-13-18(25)23-21(2,3)4/h5-12H,13H2,1-4H3,(H,23,25). The number of nitrogens with one attached hydrogen (secondary N) is 1. The zero-order valence-corrected chi connectivity index (χ0v) is 16.8. The van der Waals surface area contributed by atoms with Gasteiger partial charge in [-0.05, 0) is 51.5 Å². The molecule has 1 amide bonds. The number of hydrogen-bond donors (Lipinski definition) is 1. The van der Waals surface area contributed by atoms with Crippen LogP contribution in [0.5, 0.6) is 0 Å². The van der Waals surface area contributed by atoms with Crippen LogP contribution in [0.3, 0.4) is 0 Å². The minimum Gasteiger partial charge on any atom is -0.351 e. The highest BCUT2D eigenvalue weighted by atomic mass is 32.2. The smallest absolute Gasteiger partial charge is 0.266 e. The third-order valence-corrected chi connectivity index (χ3v) is 4.89. The van der Waals surface area contributed by atoms with Crippen LogP contribution in [0, 0.1) is 6.92 Å². The van der Waals surface area contributed by atoms with Crippen LogP contribution in [0.15, 0.2) is 58.5 Å². The van der Waals surface area contributed by atoms with Gasteiger partial charge in [0, 0.05) is 5.54 Å². The molecule has 1 N–H and O–H groups in total. The predicted octanol–water partition coefficient (Wildman–Crippen LogP) is 3.70. The Hall–Kier alpha value is -2.60. The fourth-order valence-electron chi connectivity index (χ4n) is 2.82. The first kappa shape index (κ1) is 19.2. The molecule has 140 valence electrons. The van der Waals surface area contributed by atoms with E-state index >= 15 is 0 Å². The first-order chi connectivity index (χ1) is 12.8. The highest BCUT2D eigenvalue weighted by Gasteiger charge is 2.18. The Morgan fingerprint density at radius 3 is 2.48 bits per heavy atom. The molecule has 1 aromatic heterocycles. The van der Waals surface area contributed by atoms with Crippen molar-refractivity contribution in [3.05, 3.63) is 64.4 Å². The summed E-state index contributed by atoms with van der Waals surface area (Å²) >= 11 is 1.27. The summed E-state index contributed by atoms with van der Waals surface area (Å²) in [5.41, 5.74) is 1.95. The molecule has 0 aliphatic rings. The number of rotatable bonds is 4. The Kier molecular flexibility index (Phi) is 5.37. The van der Waals surface area contributed by atoms with Crippen molar-refractivity contribution in [2.45, 2.75) is 38.4 Å². The number of carbonyl (C=O) groups excluding carboxylic acids is 1. The number of carbonyl (C=O) groups is 1. The van der Waals surface area contributed by atoms with E-state index in [1.54, 1.807) is 10.6 Å². The van der Waals surface area contributed by atoms with E-state index in [1.165, 1.54) is 11.8 Å². The molecular weight excluding hydrogens is 358 g/mol.